The van der Waals surface area contributed by atoms with Crippen LogP contribution in [-0.4, -0.2) is 41.4 Å². The molecule has 5 heteroatoms. The van der Waals surface area contributed by atoms with Gasteiger partial charge in [-0.05, 0) is 50.2 Å². The highest BCUT2D eigenvalue weighted by molar-refractivity contribution is 6.00. The van der Waals surface area contributed by atoms with E-state index in [-0.39, 0.29) is 17.8 Å². The Labute approximate surface area is 158 Å². The third-order valence-electron chi connectivity index (χ3n) is 5.07. The molecule has 0 bridgehead atoms. The van der Waals surface area contributed by atoms with Gasteiger partial charge in [0.25, 0.3) is 5.91 Å². The summed E-state index contributed by atoms with van der Waals surface area (Å²) in [5.74, 6) is 1.41. The summed E-state index contributed by atoms with van der Waals surface area (Å²) >= 11 is 0. The fraction of sp³-hybridized carbons (Fsp3) is 0.364. The monoisotopic (exact) mass is 365 g/mol. The molecule has 2 aliphatic rings. The highest BCUT2D eigenvalue weighted by Crippen LogP contribution is 2.38. The summed E-state index contributed by atoms with van der Waals surface area (Å²) < 4.78 is 11.8. The number of para-hydroxylation sites is 1. The van der Waals surface area contributed by atoms with Gasteiger partial charge in [-0.1, -0.05) is 12.1 Å². The molecular formula is C22H23NO4. The Kier molecular flexibility index (Phi) is 4.38. The number of benzene rings is 2. The summed E-state index contributed by atoms with van der Waals surface area (Å²) in [7, 11) is 0. The predicted molar refractivity (Wildman–Crippen MR) is 101 cm³/mol. The van der Waals surface area contributed by atoms with Crippen LogP contribution in [0.4, 0.5) is 0 Å². The molecule has 0 saturated carbocycles. The van der Waals surface area contributed by atoms with Crippen LogP contribution >= 0.6 is 0 Å². The summed E-state index contributed by atoms with van der Waals surface area (Å²) in [5, 5.41) is 0. The van der Waals surface area contributed by atoms with E-state index in [2.05, 4.69) is 0 Å². The van der Waals surface area contributed by atoms with Crippen molar-refractivity contribution in [3.8, 4) is 11.5 Å². The Balaban J connectivity index is 1.48. The number of amides is 1. The number of carbonyl (C=O) groups excluding carboxylic acids is 2. The number of carbonyl (C=O) groups is 2. The van der Waals surface area contributed by atoms with Gasteiger partial charge in [-0.3, -0.25) is 9.59 Å². The maximum Gasteiger partial charge on any atom is 0.253 e. The van der Waals surface area contributed by atoms with Crippen LogP contribution in [0.1, 0.15) is 47.4 Å². The van der Waals surface area contributed by atoms with E-state index in [1.54, 1.807) is 23.1 Å². The molecule has 0 aliphatic carbocycles. The lowest BCUT2D eigenvalue weighted by atomic mass is 9.89. The van der Waals surface area contributed by atoms with Crippen LogP contribution in [-0.2, 0) is 0 Å². The molecule has 1 fully saturated rings. The Hall–Kier alpha value is -2.82. The Morgan fingerprint density at radius 1 is 1.15 bits per heavy atom. The van der Waals surface area contributed by atoms with E-state index in [9.17, 15) is 9.59 Å². The number of ketones is 1. The number of ether oxygens (including phenoxy) is 2. The molecule has 4 rings (SSSR count). The molecule has 140 valence electrons. The van der Waals surface area contributed by atoms with Crippen molar-refractivity contribution in [2.24, 2.45) is 0 Å². The second-order valence-electron chi connectivity index (χ2n) is 7.55. The van der Waals surface area contributed by atoms with Gasteiger partial charge in [0.2, 0.25) is 0 Å². The normalized spacial score (nSPS) is 21.3. The van der Waals surface area contributed by atoms with Gasteiger partial charge in [0.05, 0.1) is 24.6 Å². The number of Topliss-reactive ketones (excluding diaryl/α,β-unsaturated/α-hetero) is 1. The first kappa shape index (κ1) is 17.6. The standard InChI is InChI=1S/C22H23NO4/c1-15(2)26-17-9-7-16(8-10-17)21(25)23-12-11-22(14-23)13-19(24)18-5-3-4-6-20(18)27-22/h3-10,15H,11-14H2,1-2H3. The second kappa shape index (κ2) is 6.72. The first-order valence-electron chi connectivity index (χ1n) is 9.33. The predicted octanol–water partition coefficient (Wildman–Crippen LogP) is 3.72. The summed E-state index contributed by atoms with van der Waals surface area (Å²) in [6.45, 7) is 4.94. The van der Waals surface area contributed by atoms with Crippen LogP contribution in [0.15, 0.2) is 48.5 Å². The minimum Gasteiger partial charge on any atom is -0.491 e. The Morgan fingerprint density at radius 3 is 2.63 bits per heavy atom. The fourth-order valence-electron chi connectivity index (χ4n) is 3.82. The van der Waals surface area contributed by atoms with E-state index in [0.717, 1.165) is 5.75 Å². The van der Waals surface area contributed by atoms with Gasteiger partial charge in [0, 0.05) is 18.5 Å². The van der Waals surface area contributed by atoms with Gasteiger partial charge in [-0.15, -0.1) is 0 Å². The van der Waals surface area contributed by atoms with Crippen LogP contribution in [0.3, 0.4) is 0 Å². The molecule has 2 aromatic carbocycles. The molecule has 0 N–H and O–H groups in total. The van der Waals surface area contributed by atoms with Crippen molar-refractivity contribution >= 4 is 11.7 Å². The number of hydrogen-bond donors (Lipinski definition) is 0. The van der Waals surface area contributed by atoms with E-state index < -0.39 is 5.60 Å². The van der Waals surface area contributed by atoms with Crippen LogP contribution in [0.25, 0.3) is 0 Å². The zero-order chi connectivity index (χ0) is 19.0. The molecule has 2 heterocycles. The summed E-state index contributed by atoms with van der Waals surface area (Å²) in [5.41, 5.74) is 0.640. The highest BCUT2D eigenvalue weighted by Gasteiger charge is 2.46. The zero-order valence-electron chi connectivity index (χ0n) is 15.6. The minimum absolute atomic E-state index is 0.0436. The van der Waals surface area contributed by atoms with Gasteiger partial charge in [0.15, 0.2) is 5.78 Å². The molecule has 1 amide bonds. The van der Waals surface area contributed by atoms with Crippen LogP contribution < -0.4 is 9.47 Å². The number of nitrogens with zero attached hydrogens (tertiary/aromatic N) is 1. The fourth-order valence-corrected chi connectivity index (χ4v) is 3.82. The molecule has 1 unspecified atom stereocenters. The van der Waals surface area contributed by atoms with Crippen LogP contribution in [0.2, 0.25) is 0 Å². The largest absolute Gasteiger partial charge is 0.491 e. The third kappa shape index (κ3) is 3.42. The lowest BCUT2D eigenvalue weighted by molar-refractivity contribution is 0.0428. The second-order valence-corrected chi connectivity index (χ2v) is 7.55. The van der Waals surface area contributed by atoms with Crippen molar-refractivity contribution in [2.45, 2.75) is 38.4 Å². The van der Waals surface area contributed by atoms with Crippen molar-refractivity contribution in [1.29, 1.82) is 0 Å². The molecule has 1 saturated heterocycles. The van der Waals surface area contributed by atoms with Crippen molar-refractivity contribution in [3.63, 3.8) is 0 Å². The maximum atomic E-state index is 12.9. The lowest BCUT2D eigenvalue weighted by Gasteiger charge is -2.34. The molecule has 1 atom stereocenters. The topological polar surface area (TPSA) is 55.8 Å². The Morgan fingerprint density at radius 2 is 1.89 bits per heavy atom. The molecule has 5 nitrogen and oxygen atoms in total. The van der Waals surface area contributed by atoms with Gasteiger partial charge in [-0.2, -0.15) is 0 Å². The van der Waals surface area contributed by atoms with Gasteiger partial charge >= 0.3 is 0 Å². The number of rotatable bonds is 3. The molecule has 0 radical (unpaired) electrons. The number of likely N-dealkylation sites (tertiary alicyclic amines) is 1. The maximum absolute atomic E-state index is 12.9. The minimum atomic E-state index is -0.609. The summed E-state index contributed by atoms with van der Waals surface area (Å²) in [4.78, 5) is 27.2. The van der Waals surface area contributed by atoms with Crippen molar-refractivity contribution in [1.82, 2.24) is 4.90 Å². The van der Waals surface area contributed by atoms with Crippen LogP contribution in [0, 0.1) is 0 Å². The lowest BCUT2D eigenvalue weighted by Crippen LogP contribution is -2.45. The smallest absolute Gasteiger partial charge is 0.253 e. The third-order valence-corrected chi connectivity index (χ3v) is 5.07. The summed E-state index contributed by atoms with van der Waals surface area (Å²) in [6, 6.07) is 14.5. The highest BCUT2D eigenvalue weighted by atomic mass is 16.5. The average molecular weight is 365 g/mol. The molecule has 1 spiro atoms. The SMILES string of the molecule is CC(C)Oc1ccc(C(=O)N2CCC3(CC(=O)c4ccccc4O3)C2)cc1. The number of hydrogen-bond acceptors (Lipinski definition) is 4. The first-order chi connectivity index (χ1) is 13.0. The molecular weight excluding hydrogens is 342 g/mol. The van der Waals surface area contributed by atoms with Crippen molar-refractivity contribution in [3.05, 3.63) is 59.7 Å². The molecule has 27 heavy (non-hydrogen) atoms. The van der Waals surface area contributed by atoms with Crippen molar-refractivity contribution in [2.75, 3.05) is 13.1 Å². The van der Waals surface area contributed by atoms with E-state index in [1.807, 2.05) is 44.2 Å². The van der Waals surface area contributed by atoms with E-state index in [1.165, 1.54) is 0 Å². The van der Waals surface area contributed by atoms with E-state index >= 15 is 0 Å². The van der Waals surface area contributed by atoms with Gasteiger partial charge < -0.3 is 14.4 Å². The zero-order valence-corrected chi connectivity index (χ0v) is 15.6. The Bertz CT molecular complexity index is 874. The first-order valence-corrected chi connectivity index (χ1v) is 9.33. The quantitative estimate of drug-likeness (QED) is 0.832. The molecule has 2 aliphatic heterocycles. The summed E-state index contributed by atoms with van der Waals surface area (Å²) in [6.07, 6.45) is 1.07. The van der Waals surface area contributed by atoms with Gasteiger partial charge in [0.1, 0.15) is 17.1 Å². The molecule has 2 aromatic rings. The van der Waals surface area contributed by atoms with Crippen LogP contribution in [0.5, 0.6) is 11.5 Å². The average Bonchev–Trinajstić information content (AvgIpc) is 3.04. The van der Waals surface area contributed by atoms with Crippen molar-refractivity contribution < 1.29 is 19.1 Å². The molecule has 0 aromatic heterocycles. The number of fused-ring (bicyclic) bond motifs is 1. The van der Waals surface area contributed by atoms with Gasteiger partial charge in [-0.25, -0.2) is 0 Å². The van der Waals surface area contributed by atoms with E-state index in [4.69, 9.17) is 9.47 Å². The van der Waals surface area contributed by atoms with E-state index in [0.29, 0.717) is 42.8 Å².